The van der Waals surface area contributed by atoms with Crippen molar-refractivity contribution < 1.29 is 4.79 Å². The van der Waals surface area contributed by atoms with E-state index in [9.17, 15) is 4.79 Å². The lowest BCUT2D eigenvalue weighted by molar-refractivity contribution is 0.134. The second kappa shape index (κ2) is 6.88. The number of piperazine rings is 1. The summed E-state index contributed by atoms with van der Waals surface area (Å²) in [5.41, 5.74) is 4.02. The summed E-state index contributed by atoms with van der Waals surface area (Å²) in [6.07, 6.45) is 4.85. The molecule has 0 bridgehead atoms. The summed E-state index contributed by atoms with van der Waals surface area (Å²) in [5, 5.41) is 4.60. The highest BCUT2D eigenvalue weighted by atomic mass is 35.5. The van der Waals surface area contributed by atoms with Gasteiger partial charge in [0.05, 0.1) is 22.2 Å². The van der Waals surface area contributed by atoms with Crippen molar-refractivity contribution in [2.75, 3.05) is 26.2 Å². The number of carbonyl (C=O) groups is 1. The van der Waals surface area contributed by atoms with Crippen LogP contribution in [0.25, 0.3) is 16.6 Å². The monoisotopic (exact) mass is 395 g/mol. The SMILES string of the molecule is O=C(N1CCN(Cc2nc3cc(Cl)ccc3n3cccc23)CC1)n1cncn1. The van der Waals surface area contributed by atoms with Gasteiger partial charge < -0.3 is 9.30 Å². The molecule has 0 unspecified atom stereocenters. The quantitative estimate of drug-likeness (QED) is 0.521. The maximum absolute atomic E-state index is 12.4. The van der Waals surface area contributed by atoms with Crippen LogP contribution in [0.2, 0.25) is 5.02 Å². The van der Waals surface area contributed by atoms with E-state index in [4.69, 9.17) is 16.6 Å². The van der Waals surface area contributed by atoms with Crippen LogP contribution in [-0.4, -0.2) is 66.2 Å². The fourth-order valence-corrected chi connectivity index (χ4v) is 3.86. The van der Waals surface area contributed by atoms with Gasteiger partial charge >= 0.3 is 6.03 Å². The van der Waals surface area contributed by atoms with Crippen molar-refractivity contribution in [1.29, 1.82) is 0 Å². The third-order valence-electron chi connectivity index (χ3n) is 5.13. The molecule has 0 spiro atoms. The standard InChI is InChI=1S/C19H18ClN7O/c20-14-3-4-18-15(10-14)23-16(17-2-1-5-26(17)18)11-24-6-8-25(9-7-24)19(28)27-13-21-12-22-27/h1-5,10,12-13H,6-9,11H2. The van der Waals surface area contributed by atoms with Crippen LogP contribution >= 0.6 is 11.6 Å². The summed E-state index contributed by atoms with van der Waals surface area (Å²) in [4.78, 5) is 25.2. The number of amides is 1. The highest BCUT2D eigenvalue weighted by molar-refractivity contribution is 6.31. The van der Waals surface area contributed by atoms with Gasteiger partial charge in [-0.2, -0.15) is 9.78 Å². The predicted octanol–water partition coefficient (Wildman–Crippen LogP) is 2.52. The zero-order chi connectivity index (χ0) is 19.1. The summed E-state index contributed by atoms with van der Waals surface area (Å²) >= 11 is 6.17. The van der Waals surface area contributed by atoms with Crippen LogP contribution in [0.15, 0.2) is 49.2 Å². The summed E-state index contributed by atoms with van der Waals surface area (Å²) in [7, 11) is 0. The van der Waals surface area contributed by atoms with E-state index in [2.05, 4.69) is 25.4 Å². The van der Waals surface area contributed by atoms with Crippen LogP contribution in [0.1, 0.15) is 5.69 Å². The van der Waals surface area contributed by atoms with Crippen molar-refractivity contribution in [3.63, 3.8) is 0 Å². The van der Waals surface area contributed by atoms with Crippen molar-refractivity contribution in [2.24, 2.45) is 0 Å². The third kappa shape index (κ3) is 3.00. The highest BCUT2D eigenvalue weighted by Gasteiger charge is 2.23. The molecule has 1 aromatic carbocycles. The van der Waals surface area contributed by atoms with Crippen LogP contribution in [0.3, 0.4) is 0 Å². The Balaban J connectivity index is 1.36. The van der Waals surface area contributed by atoms with Crippen LogP contribution in [0, 0.1) is 0 Å². The van der Waals surface area contributed by atoms with E-state index >= 15 is 0 Å². The Bertz CT molecular complexity index is 1150. The van der Waals surface area contributed by atoms with E-state index in [1.165, 1.54) is 17.3 Å². The van der Waals surface area contributed by atoms with Gasteiger partial charge in [-0.25, -0.2) is 14.8 Å². The van der Waals surface area contributed by atoms with Crippen LogP contribution in [0.4, 0.5) is 4.79 Å². The van der Waals surface area contributed by atoms with Crippen molar-refractivity contribution in [3.8, 4) is 0 Å². The topological polar surface area (TPSA) is 71.6 Å². The molecule has 4 aromatic rings. The first kappa shape index (κ1) is 17.2. The molecule has 3 aromatic heterocycles. The Labute approximate surface area is 166 Å². The molecule has 0 N–H and O–H groups in total. The molecule has 0 aliphatic carbocycles. The fraction of sp³-hybridized carbons (Fsp3) is 0.263. The molecule has 142 valence electrons. The lowest BCUT2D eigenvalue weighted by atomic mass is 10.2. The number of benzene rings is 1. The van der Waals surface area contributed by atoms with Crippen molar-refractivity contribution in [1.82, 2.24) is 33.9 Å². The van der Waals surface area contributed by atoms with Gasteiger partial charge in [-0.05, 0) is 30.3 Å². The highest BCUT2D eigenvalue weighted by Crippen LogP contribution is 2.23. The van der Waals surface area contributed by atoms with Gasteiger partial charge in [0, 0.05) is 43.9 Å². The van der Waals surface area contributed by atoms with Crippen molar-refractivity contribution in [2.45, 2.75) is 6.54 Å². The Morgan fingerprint density at radius 1 is 1.11 bits per heavy atom. The Morgan fingerprint density at radius 3 is 2.75 bits per heavy atom. The normalized spacial score (nSPS) is 15.5. The summed E-state index contributed by atoms with van der Waals surface area (Å²) < 4.78 is 3.42. The molecule has 0 saturated carbocycles. The number of carbonyl (C=O) groups excluding carboxylic acids is 1. The summed E-state index contributed by atoms with van der Waals surface area (Å²) in [6, 6.07) is 9.76. The van der Waals surface area contributed by atoms with E-state index in [0.29, 0.717) is 18.1 Å². The Kier molecular flexibility index (Phi) is 4.22. The second-order valence-electron chi connectivity index (χ2n) is 6.84. The molecular formula is C19H18ClN7O. The number of nitrogens with zero attached hydrogens (tertiary/aromatic N) is 7. The molecule has 9 heteroatoms. The predicted molar refractivity (Wildman–Crippen MR) is 105 cm³/mol. The van der Waals surface area contributed by atoms with E-state index in [1.54, 1.807) is 4.90 Å². The second-order valence-corrected chi connectivity index (χ2v) is 7.28. The van der Waals surface area contributed by atoms with Gasteiger partial charge in [-0.1, -0.05) is 11.6 Å². The van der Waals surface area contributed by atoms with E-state index in [-0.39, 0.29) is 6.03 Å². The van der Waals surface area contributed by atoms with Gasteiger partial charge in [0.1, 0.15) is 12.7 Å². The third-order valence-corrected chi connectivity index (χ3v) is 5.36. The van der Waals surface area contributed by atoms with Crippen LogP contribution in [-0.2, 0) is 6.54 Å². The largest absolute Gasteiger partial charge is 0.346 e. The van der Waals surface area contributed by atoms with Crippen molar-refractivity contribution in [3.05, 3.63) is 59.9 Å². The first-order valence-corrected chi connectivity index (χ1v) is 9.48. The number of hydrogen-bond donors (Lipinski definition) is 0. The van der Waals surface area contributed by atoms with E-state index in [0.717, 1.165) is 41.9 Å². The first-order valence-electron chi connectivity index (χ1n) is 9.10. The number of fused-ring (bicyclic) bond motifs is 3. The average molecular weight is 396 g/mol. The van der Waals surface area contributed by atoms with Crippen molar-refractivity contribution >= 4 is 34.2 Å². The molecule has 1 fully saturated rings. The lowest BCUT2D eigenvalue weighted by Gasteiger charge is -2.34. The molecule has 1 aliphatic heterocycles. The summed E-state index contributed by atoms with van der Waals surface area (Å²) in [5.74, 6) is 0. The molecule has 1 amide bonds. The Morgan fingerprint density at radius 2 is 1.96 bits per heavy atom. The maximum Gasteiger partial charge on any atom is 0.346 e. The van der Waals surface area contributed by atoms with E-state index in [1.807, 2.05) is 30.5 Å². The van der Waals surface area contributed by atoms with Gasteiger partial charge in [-0.15, -0.1) is 0 Å². The molecule has 28 heavy (non-hydrogen) atoms. The van der Waals surface area contributed by atoms with Gasteiger partial charge in [-0.3, -0.25) is 4.90 Å². The molecule has 4 heterocycles. The number of rotatable bonds is 2. The zero-order valence-corrected chi connectivity index (χ0v) is 15.8. The molecule has 0 atom stereocenters. The Hall–Kier alpha value is -2.97. The number of aromatic nitrogens is 5. The fourth-order valence-electron chi connectivity index (χ4n) is 3.70. The number of hydrogen-bond acceptors (Lipinski definition) is 5. The molecule has 8 nitrogen and oxygen atoms in total. The summed E-state index contributed by atoms with van der Waals surface area (Å²) in [6.45, 7) is 3.58. The average Bonchev–Trinajstić information content (AvgIpc) is 3.40. The first-order chi connectivity index (χ1) is 13.7. The lowest BCUT2D eigenvalue weighted by Crippen LogP contribution is -2.49. The molecule has 1 saturated heterocycles. The minimum atomic E-state index is -0.135. The van der Waals surface area contributed by atoms with Gasteiger partial charge in [0.15, 0.2) is 0 Å². The molecule has 1 aliphatic rings. The molecular weight excluding hydrogens is 378 g/mol. The van der Waals surface area contributed by atoms with Crippen LogP contribution < -0.4 is 0 Å². The van der Waals surface area contributed by atoms with Crippen LogP contribution in [0.5, 0.6) is 0 Å². The van der Waals surface area contributed by atoms with Gasteiger partial charge in [0.2, 0.25) is 0 Å². The molecule has 5 rings (SSSR count). The zero-order valence-electron chi connectivity index (χ0n) is 15.1. The van der Waals surface area contributed by atoms with Gasteiger partial charge in [0.25, 0.3) is 0 Å². The minimum Gasteiger partial charge on any atom is -0.320 e. The minimum absolute atomic E-state index is 0.135. The molecule has 0 radical (unpaired) electrons. The van der Waals surface area contributed by atoms with E-state index < -0.39 is 0 Å². The smallest absolute Gasteiger partial charge is 0.320 e. The maximum atomic E-state index is 12.4. The number of halogens is 1.